The van der Waals surface area contributed by atoms with Gasteiger partial charge in [0.25, 0.3) is 11.8 Å². The number of amides is 2. The topological polar surface area (TPSA) is 65.5 Å². The van der Waals surface area contributed by atoms with E-state index in [2.05, 4.69) is 22.1 Å². The normalized spacial score (nSPS) is 19.6. The molecule has 1 saturated heterocycles. The molecular formula is C19H28N4O2. The van der Waals surface area contributed by atoms with Gasteiger partial charge in [-0.25, -0.2) is 0 Å². The molecule has 0 atom stereocenters. The minimum absolute atomic E-state index is 0.0805. The molecule has 1 aromatic heterocycles. The van der Waals surface area contributed by atoms with Gasteiger partial charge in [0.05, 0.1) is 0 Å². The largest absolute Gasteiger partial charge is 0.349 e. The second kappa shape index (κ2) is 8.43. The summed E-state index contributed by atoms with van der Waals surface area (Å²) in [6.07, 6.45) is 7.26. The summed E-state index contributed by atoms with van der Waals surface area (Å²) in [7, 11) is 0. The highest BCUT2D eigenvalue weighted by atomic mass is 16.2. The first-order valence-corrected chi connectivity index (χ1v) is 9.46. The number of rotatable bonds is 4. The zero-order chi connectivity index (χ0) is 17.6. The lowest BCUT2D eigenvalue weighted by Gasteiger charge is -2.33. The van der Waals surface area contributed by atoms with Crippen LogP contribution < -0.4 is 5.32 Å². The summed E-state index contributed by atoms with van der Waals surface area (Å²) in [5.74, 6) is -0.178. The second-order valence-corrected chi connectivity index (χ2v) is 6.96. The van der Waals surface area contributed by atoms with E-state index < -0.39 is 0 Å². The summed E-state index contributed by atoms with van der Waals surface area (Å²) >= 11 is 0. The standard InChI is InChI=1S/C19H28N4O2/c1-2-22-10-12-23(13-11-22)19(25)17-14-15(8-9-20-17)18(24)21-16-6-4-3-5-7-16/h8-9,14,16H,2-7,10-13H2,1H3,(H,21,24). The van der Waals surface area contributed by atoms with Crippen LogP contribution >= 0.6 is 0 Å². The van der Waals surface area contributed by atoms with Crippen LogP contribution in [-0.4, -0.2) is 65.4 Å². The van der Waals surface area contributed by atoms with Crippen LogP contribution in [0.25, 0.3) is 0 Å². The lowest BCUT2D eigenvalue weighted by molar-refractivity contribution is 0.0637. The number of hydrogen-bond donors (Lipinski definition) is 1. The van der Waals surface area contributed by atoms with Crippen LogP contribution in [0.4, 0.5) is 0 Å². The van der Waals surface area contributed by atoms with Gasteiger partial charge in [-0.2, -0.15) is 0 Å². The molecule has 1 aromatic rings. The van der Waals surface area contributed by atoms with Crippen LogP contribution in [0.5, 0.6) is 0 Å². The Kier molecular flexibility index (Phi) is 6.02. The maximum atomic E-state index is 12.7. The van der Waals surface area contributed by atoms with Crippen molar-refractivity contribution in [3.63, 3.8) is 0 Å². The molecule has 1 N–H and O–H groups in total. The van der Waals surface area contributed by atoms with Gasteiger partial charge in [0.1, 0.15) is 5.69 Å². The molecule has 2 fully saturated rings. The summed E-state index contributed by atoms with van der Waals surface area (Å²) in [5, 5.41) is 3.10. The zero-order valence-corrected chi connectivity index (χ0v) is 15.0. The lowest BCUT2D eigenvalue weighted by atomic mass is 9.95. The van der Waals surface area contributed by atoms with Crippen molar-refractivity contribution in [2.75, 3.05) is 32.7 Å². The summed E-state index contributed by atoms with van der Waals surface area (Å²) in [4.78, 5) is 33.5. The van der Waals surface area contributed by atoms with E-state index in [0.29, 0.717) is 24.3 Å². The third-order valence-electron chi connectivity index (χ3n) is 5.29. The number of pyridine rings is 1. The van der Waals surface area contributed by atoms with E-state index in [-0.39, 0.29) is 17.9 Å². The monoisotopic (exact) mass is 344 g/mol. The van der Waals surface area contributed by atoms with Crippen molar-refractivity contribution >= 4 is 11.8 Å². The SMILES string of the molecule is CCN1CCN(C(=O)c2cc(C(=O)NC3CCCCC3)ccn2)CC1. The van der Waals surface area contributed by atoms with Gasteiger partial charge >= 0.3 is 0 Å². The Labute approximate surface area is 149 Å². The molecule has 2 heterocycles. The van der Waals surface area contributed by atoms with Crippen molar-refractivity contribution in [1.29, 1.82) is 0 Å². The predicted octanol–water partition coefficient (Wildman–Crippen LogP) is 1.92. The molecule has 0 radical (unpaired) electrons. The Morgan fingerprint density at radius 3 is 2.56 bits per heavy atom. The molecule has 6 nitrogen and oxygen atoms in total. The zero-order valence-electron chi connectivity index (χ0n) is 15.0. The molecular weight excluding hydrogens is 316 g/mol. The van der Waals surface area contributed by atoms with Crippen molar-refractivity contribution in [3.8, 4) is 0 Å². The average molecular weight is 344 g/mol. The van der Waals surface area contributed by atoms with E-state index in [1.54, 1.807) is 18.3 Å². The number of nitrogens with zero attached hydrogens (tertiary/aromatic N) is 3. The number of aromatic nitrogens is 1. The minimum atomic E-state index is -0.0980. The molecule has 0 unspecified atom stereocenters. The lowest BCUT2D eigenvalue weighted by Crippen LogP contribution is -2.48. The smallest absolute Gasteiger partial charge is 0.272 e. The predicted molar refractivity (Wildman–Crippen MR) is 96.6 cm³/mol. The number of nitrogens with one attached hydrogen (secondary N) is 1. The molecule has 136 valence electrons. The highest BCUT2D eigenvalue weighted by Crippen LogP contribution is 2.18. The highest BCUT2D eigenvalue weighted by molar-refractivity contribution is 5.98. The van der Waals surface area contributed by atoms with Crippen LogP contribution in [0.1, 0.15) is 59.9 Å². The van der Waals surface area contributed by atoms with E-state index in [4.69, 9.17) is 0 Å². The number of hydrogen-bond acceptors (Lipinski definition) is 4. The van der Waals surface area contributed by atoms with Crippen molar-refractivity contribution in [2.24, 2.45) is 0 Å². The Balaban J connectivity index is 1.62. The number of carbonyl (C=O) groups is 2. The number of likely N-dealkylation sites (N-methyl/N-ethyl adjacent to an activating group) is 1. The van der Waals surface area contributed by atoms with Crippen LogP contribution in [0.15, 0.2) is 18.3 Å². The number of carbonyl (C=O) groups excluding carboxylic acids is 2. The molecule has 1 aliphatic heterocycles. The molecule has 3 rings (SSSR count). The first-order chi connectivity index (χ1) is 12.2. The van der Waals surface area contributed by atoms with E-state index >= 15 is 0 Å². The Hall–Kier alpha value is -1.95. The third kappa shape index (κ3) is 4.57. The molecule has 1 aliphatic carbocycles. The Morgan fingerprint density at radius 2 is 1.88 bits per heavy atom. The van der Waals surface area contributed by atoms with Gasteiger partial charge in [-0.3, -0.25) is 14.6 Å². The molecule has 6 heteroatoms. The van der Waals surface area contributed by atoms with Crippen molar-refractivity contribution < 1.29 is 9.59 Å². The third-order valence-corrected chi connectivity index (χ3v) is 5.29. The van der Waals surface area contributed by atoms with Gasteiger partial charge in [0, 0.05) is 44.0 Å². The molecule has 25 heavy (non-hydrogen) atoms. The van der Waals surface area contributed by atoms with E-state index in [0.717, 1.165) is 32.5 Å². The molecule has 0 aromatic carbocycles. The summed E-state index contributed by atoms with van der Waals surface area (Å²) in [6, 6.07) is 3.58. The average Bonchev–Trinajstić information content (AvgIpc) is 2.68. The van der Waals surface area contributed by atoms with Gasteiger partial charge in [-0.1, -0.05) is 26.2 Å². The molecule has 1 saturated carbocycles. The van der Waals surface area contributed by atoms with E-state index in [9.17, 15) is 9.59 Å². The maximum absolute atomic E-state index is 12.7. The van der Waals surface area contributed by atoms with Gasteiger partial charge in [-0.15, -0.1) is 0 Å². The van der Waals surface area contributed by atoms with Crippen LogP contribution in [0, 0.1) is 0 Å². The van der Waals surface area contributed by atoms with Gasteiger partial charge in [0.15, 0.2) is 0 Å². The highest BCUT2D eigenvalue weighted by Gasteiger charge is 2.23. The second-order valence-electron chi connectivity index (χ2n) is 6.96. The van der Waals surface area contributed by atoms with E-state index in [1.165, 1.54) is 19.3 Å². The molecule has 0 spiro atoms. The van der Waals surface area contributed by atoms with Crippen LogP contribution in [-0.2, 0) is 0 Å². The quantitative estimate of drug-likeness (QED) is 0.906. The Morgan fingerprint density at radius 1 is 1.16 bits per heavy atom. The van der Waals surface area contributed by atoms with E-state index in [1.807, 2.05) is 4.90 Å². The van der Waals surface area contributed by atoms with Crippen molar-refractivity contribution in [1.82, 2.24) is 20.1 Å². The van der Waals surface area contributed by atoms with Crippen molar-refractivity contribution in [2.45, 2.75) is 45.1 Å². The van der Waals surface area contributed by atoms with Gasteiger partial charge in [0.2, 0.25) is 0 Å². The van der Waals surface area contributed by atoms with Crippen molar-refractivity contribution in [3.05, 3.63) is 29.6 Å². The molecule has 2 aliphatic rings. The van der Waals surface area contributed by atoms with Gasteiger partial charge in [-0.05, 0) is 31.5 Å². The summed E-state index contributed by atoms with van der Waals surface area (Å²) < 4.78 is 0. The van der Waals surface area contributed by atoms with Crippen LogP contribution in [0.2, 0.25) is 0 Å². The van der Waals surface area contributed by atoms with Gasteiger partial charge < -0.3 is 15.1 Å². The fraction of sp³-hybridized carbons (Fsp3) is 0.632. The molecule has 2 amide bonds. The Bertz CT molecular complexity index is 605. The number of piperazine rings is 1. The van der Waals surface area contributed by atoms with Crippen LogP contribution in [0.3, 0.4) is 0 Å². The fourth-order valence-electron chi connectivity index (χ4n) is 3.63. The fourth-order valence-corrected chi connectivity index (χ4v) is 3.63. The molecule has 0 bridgehead atoms. The maximum Gasteiger partial charge on any atom is 0.272 e. The first-order valence-electron chi connectivity index (χ1n) is 9.46. The first kappa shape index (κ1) is 17.9. The summed E-state index contributed by atoms with van der Waals surface area (Å²) in [5.41, 5.74) is 0.886. The summed E-state index contributed by atoms with van der Waals surface area (Å²) in [6.45, 7) is 6.36. The minimum Gasteiger partial charge on any atom is -0.349 e.